The van der Waals surface area contributed by atoms with E-state index in [9.17, 15) is 27.7 Å². The Morgan fingerprint density at radius 3 is 2.26 bits per heavy atom. The van der Waals surface area contributed by atoms with E-state index in [-0.39, 0.29) is 67.5 Å². The number of hydrogen-bond donors (Lipinski definition) is 3. The molecule has 1 heterocycles. The fourth-order valence-corrected chi connectivity index (χ4v) is 7.04. The predicted molar refractivity (Wildman–Crippen MR) is 163 cm³/mol. The van der Waals surface area contributed by atoms with E-state index in [2.05, 4.69) is 5.32 Å². The normalized spacial score (nSPS) is 11.3. The molecule has 0 atom stereocenters. The van der Waals surface area contributed by atoms with Gasteiger partial charge in [-0.25, -0.2) is 0 Å². The van der Waals surface area contributed by atoms with Crippen LogP contribution in [0.3, 0.4) is 0 Å². The Balaban J connectivity index is 0.00000336. The summed E-state index contributed by atoms with van der Waals surface area (Å²) in [5.74, 6) is -0.156. The molecule has 8 nitrogen and oxygen atoms in total. The number of amides is 1. The molecular weight excluding hydrogens is 763 g/mol. The van der Waals surface area contributed by atoms with E-state index in [1.165, 1.54) is 36.4 Å². The van der Waals surface area contributed by atoms with Crippen molar-refractivity contribution in [2.45, 2.75) is 4.90 Å². The minimum atomic E-state index is -4.41. The third kappa shape index (κ3) is 5.88. The van der Waals surface area contributed by atoms with Crippen molar-refractivity contribution in [1.82, 2.24) is 0 Å². The van der Waals surface area contributed by atoms with Crippen LogP contribution in [0, 0.1) is 7.14 Å². The summed E-state index contributed by atoms with van der Waals surface area (Å²) in [5, 5.41) is 13.5. The molecule has 1 aliphatic heterocycles. The second-order valence-electron chi connectivity index (χ2n) is 8.05. The summed E-state index contributed by atoms with van der Waals surface area (Å²) >= 11 is 3.79. The van der Waals surface area contributed by atoms with Crippen molar-refractivity contribution in [1.29, 1.82) is 0 Å². The summed E-state index contributed by atoms with van der Waals surface area (Å²) in [4.78, 5) is 25.3. The van der Waals surface area contributed by atoms with Crippen molar-refractivity contribution in [3.05, 3.63) is 95.7 Å². The molecule has 2 aliphatic rings. The van der Waals surface area contributed by atoms with E-state index < -0.39 is 16.0 Å². The Hall–Kier alpha value is -1.37. The van der Waals surface area contributed by atoms with E-state index >= 15 is 0 Å². The molecule has 38 heavy (non-hydrogen) atoms. The van der Waals surface area contributed by atoms with Crippen molar-refractivity contribution in [3.8, 4) is 28.2 Å². The van der Waals surface area contributed by atoms with Crippen molar-refractivity contribution in [2.75, 3.05) is 5.32 Å². The van der Waals surface area contributed by atoms with Crippen molar-refractivity contribution in [2.24, 2.45) is 0 Å². The Bertz CT molecular complexity index is 1850. The molecule has 1 amide bonds. The van der Waals surface area contributed by atoms with Crippen LogP contribution in [0.15, 0.2) is 86.9 Å². The quantitative estimate of drug-likeness (QED) is 0.0973. The monoisotopic (exact) mass is 779 g/mol. The Morgan fingerprint density at radius 2 is 1.58 bits per heavy atom. The summed E-state index contributed by atoms with van der Waals surface area (Å²) < 4.78 is 39.3. The second kappa shape index (κ2) is 11.6. The van der Waals surface area contributed by atoms with Crippen LogP contribution in [0.4, 0.5) is 5.69 Å². The number of phenolic OH excluding ortho intramolecular Hbond substituents is 1. The summed E-state index contributed by atoms with van der Waals surface area (Å²) in [6, 6.07) is 18.5. The SMILES string of the molecule is O=C(Nc1c(I)cc(S(=O)(=O)O)cc1I)c1ccccc1-c1c2ccc(=O)cc-2oc2cc(O)ccc12.[KH]. The molecule has 0 saturated heterocycles. The number of halogens is 2. The van der Waals surface area contributed by atoms with Gasteiger partial charge >= 0.3 is 51.4 Å². The number of carbonyl (C=O) groups excluding carboxylic acids is 1. The first kappa shape index (κ1) is 29.6. The van der Waals surface area contributed by atoms with Crippen LogP contribution in [0.5, 0.6) is 5.75 Å². The first-order valence-electron chi connectivity index (χ1n) is 10.6. The number of anilines is 1. The first-order valence-corrected chi connectivity index (χ1v) is 14.2. The average Bonchev–Trinajstić information content (AvgIpc) is 2.83. The van der Waals surface area contributed by atoms with Gasteiger partial charge < -0.3 is 14.8 Å². The zero-order valence-corrected chi connectivity index (χ0v) is 23.7. The van der Waals surface area contributed by atoms with Gasteiger partial charge in [-0.15, -0.1) is 0 Å². The zero-order valence-electron chi connectivity index (χ0n) is 18.5. The predicted octanol–water partition coefficient (Wildman–Crippen LogP) is 5.33. The molecule has 0 radical (unpaired) electrons. The van der Waals surface area contributed by atoms with Crippen LogP contribution < -0.4 is 10.7 Å². The van der Waals surface area contributed by atoms with E-state index in [1.54, 1.807) is 36.4 Å². The molecule has 3 aromatic carbocycles. The molecule has 188 valence electrons. The summed E-state index contributed by atoms with van der Waals surface area (Å²) in [5.41, 5.74) is 2.63. The van der Waals surface area contributed by atoms with Crippen LogP contribution >= 0.6 is 45.2 Å². The van der Waals surface area contributed by atoms with E-state index in [1.807, 2.05) is 45.2 Å². The molecule has 3 aromatic rings. The maximum atomic E-state index is 13.6. The third-order valence-corrected chi connectivity index (χ3v) is 8.20. The molecule has 5 rings (SSSR count). The van der Waals surface area contributed by atoms with Crippen molar-refractivity contribution >= 4 is 129 Å². The van der Waals surface area contributed by atoms with Crippen molar-refractivity contribution < 1.29 is 27.3 Å². The fraction of sp³-hybridized carbons (Fsp3) is 0. The molecule has 0 spiro atoms. The number of fused-ring (bicyclic) bond motifs is 2. The standard InChI is InChI=1S/C26H15I2NO7S.K.H/c27-20-11-15(37(33,34)35)12-21(28)25(20)29-26(32)17-4-2-1-3-16(17)24-18-7-5-13(30)9-22(18)36-23-10-14(31)6-8-19(23)24;;/h1-12,30H,(H,29,32)(H,33,34,35);;. The Morgan fingerprint density at radius 1 is 0.895 bits per heavy atom. The van der Waals surface area contributed by atoms with Crippen LogP contribution in [0.2, 0.25) is 0 Å². The fourth-order valence-electron chi connectivity index (χ4n) is 4.05. The van der Waals surface area contributed by atoms with Gasteiger partial charge in [0.15, 0.2) is 5.43 Å². The Kier molecular flexibility index (Phi) is 9.05. The van der Waals surface area contributed by atoms with Gasteiger partial charge in [0.05, 0.1) is 10.6 Å². The van der Waals surface area contributed by atoms with Crippen molar-refractivity contribution in [3.63, 3.8) is 0 Å². The Labute approximate surface area is 286 Å². The van der Waals surface area contributed by atoms with E-state index in [4.69, 9.17) is 4.42 Å². The summed E-state index contributed by atoms with van der Waals surface area (Å²) in [6.07, 6.45) is 0. The topological polar surface area (TPSA) is 134 Å². The van der Waals surface area contributed by atoms with Crippen LogP contribution in [-0.2, 0) is 10.1 Å². The number of benzene rings is 4. The molecule has 12 heteroatoms. The van der Waals surface area contributed by atoms with Gasteiger partial charge in [-0.1, -0.05) is 18.2 Å². The van der Waals surface area contributed by atoms with Gasteiger partial charge in [0, 0.05) is 41.3 Å². The molecule has 3 N–H and O–H groups in total. The van der Waals surface area contributed by atoms with Gasteiger partial charge in [0.25, 0.3) is 16.0 Å². The van der Waals surface area contributed by atoms with E-state index in [0.717, 1.165) is 0 Å². The van der Waals surface area contributed by atoms with Gasteiger partial charge in [0.1, 0.15) is 17.1 Å². The van der Waals surface area contributed by atoms with E-state index in [0.29, 0.717) is 51.8 Å². The van der Waals surface area contributed by atoms with Crippen LogP contribution in [0.25, 0.3) is 33.4 Å². The molecule has 0 aromatic heterocycles. The van der Waals surface area contributed by atoms with Gasteiger partial charge in [-0.05, 0) is 93.2 Å². The number of rotatable bonds is 4. The van der Waals surface area contributed by atoms with Gasteiger partial charge in [-0.3, -0.25) is 14.1 Å². The molecule has 0 unspecified atom stereocenters. The molecule has 1 aliphatic carbocycles. The number of hydrogen-bond acceptors (Lipinski definition) is 6. The average molecular weight is 779 g/mol. The summed E-state index contributed by atoms with van der Waals surface area (Å²) in [6.45, 7) is 0. The first-order chi connectivity index (χ1) is 17.5. The van der Waals surface area contributed by atoms with Crippen LogP contribution in [0.1, 0.15) is 10.4 Å². The minimum absolute atomic E-state index is 0. The van der Waals surface area contributed by atoms with Crippen LogP contribution in [-0.4, -0.2) is 75.4 Å². The second-order valence-corrected chi connectivity index (χ2v) is 11.8. The number of phenols is 1. The number of aromatic hydroxyl groups is 1. The molecule has 0 bridgehead atoms. The van der Waals surface area contributed by atoms with Gasteiger partial charge in [0.2, 0.25) is 0 Å². The molecule has 0 fully saturated rings. The number of nitrogens with one attached hydrogen (secondary N) is 1. The number of carbonyl (C=O) groups is 1. The molecular formula is C26H16I2KNO7S. The van der Waals surface area contributed by atoms with Gasteiger partial charge in [-0.2, -0.15) is 8.42 Å². The maximum absolute atomic E-state index is 13.6. The third-order valence-electron chi connectivity index (χ3n) is 5.67. The molecule has 0 saturated carbocycles. The zero-order chi connectivity index (χ0) is 26.5. The summed E-state index contributed by atoms with van der Waals surface area (Å²) in [7, 11) is -4.41.